The predicted molar refractivity (Wildman–Crippen MR) is 71.5 cm³/mol. The van der Waals surface area contributed by atoms with Crippen LogP contribution >= 0.6 is 0 Å². The van der Waals surface area contributed by atoms with E-state index in [4.69, 9.17) is 0 Å². The average molecular weight is 265 g/mol. The molecule has 1 aliphatic rings. The van der Waals surface area contributed by atoms with Gasteiger partial charge in [0, 0.05) is 6.04 Å². The fourth-order valence-corrected chi connectivity index (χ4v) is 2.75. The van der Waals surface area contributed by atoms with Gasteiger partial charge < -0.3 is 5.11 Å². The van der Waals surface area contributed by atoms with Crippen LogP contribution in [0.4, 0.5) is 4.39 Å². The van der Waals surface area contributed by atoms with Gasteiger partial charge in [0.15, 0.2) is 0 Å². The molecule has 19 heavy (non-hydrogen) atoms. The molecule has 0 radical (unpaired) electrons. The molecule has 0 bridgehead atoms. The molecule has 2 N–H and O–H groups in total. The third-order valence-electron chi connectivity index (χ3n) is 3.70. The van der Waals surface area contributed by atoms with Crippen LogP contribution in [-0.4, -0.2) is 17.1 Å². The van der Waals surface area contributed by atoms with Crippen molar-refractivity contribution in [3.63, 3.8) is 0 Å². The number of nitrogens with one attached hydrogen (secondary N) is 1. The molecule has 0 saturated carbocycles. The van der Waals surface area contributed by atoms with E-state index in [-0.39, 0.29) is 11.9 Å². The minimum absolute atomic E-state index is 0.0490. The Bertz CT molecular complexity index is 461. The first-order valence-electron chi connectivity index (χ1n) is 6.89. The fourth-order valence-electron chi connectivity index (χ4n) is 2.75. The van der Waals surface area contributed by atoms with E-state index in [2.05, 4.69) is 5.32 Å². The summed E-state index contributed by atoms with van der Waals surface area (Å²) in [5.74, 6) is -1.08. The van der Waals surface area contributed by atoms with Crippen molar-refractivity contribution in [2.45, 2.75) is 51.1 Å². The highest BCUT2D eigenvalue weighted by Crippen LogP contribution is 2.30. The lowest BCUT2D eigenvalue weighted by atomic mass is 9.87. The van der Waals surface area contributed by atoms with E-state index in [1.165, 1.54) is 12.1 Å². The van der Waals surface area contributed by atoms with Crippen molar-refractivity contribution >= 4 is 5.97 Å². The van der Waals surface area contributed by atoms with Crippen LogP contribution in [0, 0.1) is 5.82 Å². The highest BCUT2D eigenvalue weighted by Gasteiger charge is 2.25. The van der Waals surface area contributed by atoms with Gasteiger partial charge in [-0.15, -0.1) is 0 Å². The van der Waals surface area contributed by atoms with Crippen molar-refractivity contribution in [1.82, 2.24) is 5.32 Å². The van der Waals surface area contributed by atoms with Gasteiger partial charge in [-0.2, -0.15) is 0 Å². The Balaban J connectivity index is 2.18. The predicted octanol–water partition coefficient (Wildman–Crippen LogP) is 3.05. The number of carbonyl (C=O) groups is 1. The van der Waals surface area contributed by atoms with Crippen molar-refractivity contribution in [1.29, 1.82) is 0 Å². The van der Waals surface area contributed by atoms with Crippen LogP contribution in [0.3, 0.4) is 0 Å². The summed E-state index contributed by atoms with van der Waals surface area (Å²) in [6.45, 7) is 1.96. The summed E-state index contributed by atoms with van der Waals surface area (Å²) in [7, 11) is 0. The molecular weight excluding hydrogens is 245 g/mol. The molecule has 2 unspecified atom stereocenters. The zero-order valence-corrected chi connectivity index (χ0v) is 11.2. The molecule has 0 heterocycles. The van der Waals surface area contributed by atoms with E-state index in [0.717, 1.165) is 36.8 Å². The van der Waals surface area contributed by atoms with Crippen molar-refractivity contribution in [3.05, 3.63) is 35.1 Å². The molecule has 0 aliphatic heterocycles. The quantitative estimate of drug-likeness (QED) is 0.860. The first-order chi connectivity index (χ1) is 9.11. The van der Waals surface area contributed by atoms with Crippen molar-refractivity contribution in [2.75, 3.05) is 0 Å². The smallest absolute Gasteiger partial charge is 0.320 e. The molecule has 0 saturated heterocycles. The molecular formula is C15H20FNO2. The maximum Gasteiger partial charge on any atom is 0.320 e. The molecule has 1 aromatic carbocycles. The van der Waals surface area contributed by atoms with Crippen LogP contribution in [0.15, 0.2) is 18.2 Å². The second kappa shape index (κ2) is 6.15. The summed E-state index contributed by atoms with van der Waals surface area (Å²) in [6, 6.07) is 4.23. The van der Waals surface area contributed by atoms with Gasteiger partial charge in [-0.3, -0.25) is 10.1 Å². The molecule has 0 aromatic heterocycles. The lowest BCUT2D eigenvalue weighted by molar-refractivity contribution is -0.140. The number of halogens is 1. The first-order valence-corrected chi connectivity index (χ1v) is 6.89. The molecule has 4 heteroatoms. The number of rotatable bonds is 5. The largest absolute Gasteiger partial charge is 0.480 e. The number of hydrogen-bond donors (Lipinski definition) is 2. The van der Waals surface area contributed by atoms with Gasteiger partial charge in [0.2, 0.25) is 0 Å². The van der Waals surface area contributed by atoms with E-state index in [1.54, 1.807) is 0 Å². The van der Waals surface area contributed by atoms with Crippen LogP contribution in [-0.2, 0) is 11.2 Å². The highest BCUT2D eigenvalue weighted by atomic mass is 19.1. The lowest BCUT2D eigenvalue weighted by Crippen LogP contribution is -2.40. The average Bonchev–Trinajstić information content (AvgIpc) is 2.38. The lowest BCUT2D eigenvalue weighted by Gasteiger charge is -2.29. The Morgan fingerprint density at radius 2 is 2.37 bits per heavy atom. The number of benzene rings is 1. The highest BCUT2D eigenvalue weighted by molar-refractivity contribution is 5.73. The molecule has 3 nitrogen and oxygen atoms in total. The summed E-state index contributed by atoms with van der Waals surface area (Å²) in [5.41, 5.74) is 2.05. The summed E-state index contributed by atoms with van der Waals surface area (Å²) in [4.78, 5) is 11.2. The zero-order chi connectivity index (χ0) is 13.8. The standard InChI is InChI=1S/C15H20FNO2/c1-2-4-14(15(18)19)17-13-6-3-5-10-7-8-11(16)9-12(10)13/h7-9,13-14,17H,2-6H2,1H3,(H,18,19). The Labute approximate surface area is 112 Å². The molecule has 2 atom stereocenters. The van der Waals surface area contributed by atoms with E-state index >= 15 is 0 Å². The molecule has 1 aliphatic carbocycles. The normalized spacial score (nSPS) is 19.8. The van der Waals surface area contributed by atoms with E-state index in [0.29, 0.717) is 6.42 Å². The SMILES string of the molecule is CCCC(NC1CCCc2ccc(F)cc21)C(=O)O. The molecule has 2 rings (SSSR count). The maximum atomic E-state index is 13.4. The number of aliphatic carboxylic acids is 1. The minimum Gasteiger partial charge on any atom is -0.480 e. The molecule has 104 valence electrons. The Morgan fingerprint density at radius 3 is 3.05 bits per heavy atom. The summed E-state index contributed by atoms with van der Waals surface area (Å²) in [6.07, 6.45) is 4.22. The van der Waals surface area contributed by atoms with Crippen molar-refractivity contribution < 1.29 is 14.3 Å². The second-order valence-electron chi connectivity index (χ2n) is 5.13. The second-order valence-corrected chi connectivity index (χ2v) is 5.13. The number of aryl methyl sites for hydroxylation is 1. The van der Waals surface area contributed by atoms with Gasteiger partial charge >= 0.3 is 5.97 Å². The van der Waals surface area contributed by atoms with Gasteiger partial charge in [0.25, 0.3) is 0 Å². The molecule has 0 spiro atoms. The van der Waals surface area contributed by atoms with Gasteiger partial charge in [0.05, 0.1) is 0 Å². The van der Waals surface area contributed by atoms with Gasteiger partial charge in [-0.05, 0) is 48.9 Å². The van der Waals surface area contributed by atoms with Gasteiger partial charge in [-0.1, -0.05) is 19.4 Å². The van der Waals surface area contributed by atoms with Crippen LogP contribution < -0.4 is 5.32 Å². The molecule has 1 aromatic rings. The fraction of sp³-hybridized carbons (Fsp3) is 0.533. The summed E-state index contributed by atoms with van der Waals surface area (Å²) in [5, 5.41) is 12.4. The number of fused-ring (bicyclic) bond motifs is 1. The molecule has 0 amide bonds. The third kappa shape index (κ3) is 3.32. The van der Waals surface area contributed by atoms with Gasteiger partial charge in [0.1, 0.15) is 11.9 Å². The number of carboxylic acid groups (broad SMARTS) is 1. The number of hydrogen-bond acceptors (Lipinski definition) is 2. The third-order valence-corrected chi connectivity index (χ3v) is 3.70. The minimum atomic E-state index is -0.828. The van der Waals surface area contributed by atoms with E-state index in [9.17, 15) is 14.3 Å². The van der Waals surface area contributed by atoms with E-state index in [1.807, 2.05) is 13.0 Å². The first kappa shape index (κ1) is 14.0. The Hall–Kier alpha value is -1.42. The topological polar surface area (TPSA) is 49.3 Å². The van der Waals surface area contributed by atoms with Crippen LogP contribution in [0.5, 0.6) is 0 Å². The van der Waals surface area contributed by atoms with Gasteiger partial charge in [-0.25, -0.2) is 4.39 Å². The van der Waals surface area contributed by atoms with E-state index < -0.39 is 12.0 Å². The van der Waals surface area contributed by atoms with Crippen LogP contribution in [0.2, 0.25) is 0 Å². The molecule has 0 fully saturated rings. The zero-order valence-electron chi connectivity index (χ0n) is 11.2. The van der Waals surface area contributed by atoms with Crippen molar-refractivity contribution in [3.8, 4) is 0 Å². The Morgan fingerprint density at radius 1 is 1.58 bits per heavy atom. The van der Waals surface area contributed by atoms with Crippen LogP contribution in [0.25, 0.3) is 0 Å². The summed E-state index contributed by atoms with van der Waals surface area (Å²) >= 11 is 0. The summed E-state index contributed by atoms with van der Waals surface area (Å²) < 4.78 is 13.4. The van der Waals surface area contributed by atoms with Crippen LogP contribution in [0.1, 0.15) is 49.8 Å². The maximum absolute atomic E-state index is 13.4. The Kier molecular flexibility index (Phi) is 4.53. The monoisotopic (exact) mass is 265 g/mol. The van der Waals surface area contributed by atoms with Crippen molar-refractivity contribution in [2.24, 2.45) is 0 Å². The number of carboxylic acids is 1.